The van der Waals surface area contributed by atoms with Crippen LogP contribution in [-0.2, 0) is 13.1 Å². The number of carbonyl (C=O) groups is 2. The third kappa shape index (κ3) is 3.81. The molecule has 0 saturated heterocycles. The first-order chi connectivity index (χ1) is 16.2. The Morgan fingerprint density at radius 3 is 1.50 bits per heavy atom. The Hall–Kier alpha value is -4.74. The standard InChI is InChI=1S/C22H24N8O4/c1-33-15-9-11(19(23)31)7-13-17(15)29(21(25)27-13)5-3-4-6-30-18-14(28-22(30)26)8-12(20(24)32)10-16(18)34-2/h3-4,7-10H,5-6H2,1-2H3,(H2,23,31)(H2,24,32)(H2,25,27)(H2,26,28)/b4-3+. The Morgan fingerprint density at radius 2 is 1.18 bits per heavy atom. The van der Waals surface area contributed by atoms with Crippen molar-refractivity contribution in [1.82, 2.24) is 19.1 Å². The summed E-state index contributed by atoms with van der Waals surface area (Å²) >= 11 is 0. The van der Waals surface area contributed by atoms with Crippen molar-refractivity contribution in [3.63, 3.8) is 0 Å². The molecular formula is C22H24N8O4. The number of amides is 2. The lowest BCUT2D eigenvalue weighted by atomic mass is 10.1. The summed E-state index contributed by atoms with van der Waals surface area (Å²) in [5.41, 5.74) is 25.8. The van der Waals surface area contributed by atoms with Gasteiger partial charge >= 0.3 is 0 Å². The zero-order chi connectivity index (χ0) is 24.6. The Kier molecular flexibility index (Phi) is 5.72. The number of nitrogens with zero attached hydrogens (tertiary/aromatic N) is 4. The molecule has 2 aromatic heterocycles. The van der Waals surface area contributed by atoms with E-state index in [0.717, 1.165) is 0 Å². The molecule has 4 rings (SSSR count). The summed E-state index contributed by atoms with van der Waals surface area (Å²) in [7, 11) is 2.99. The van der Waals surface area contributed by atoms with E-state index in [0.29, 0.717) is 46.7 Å². The molecule has 12 heteroatoms. The molecule has 176 valence electrons. The second kappa shape index (κ2) is 8.65. The first-order valence-corrected chi connectivity index (χ1v) is 10.2. The lowest BCUT2D eigenvalue weighted by Gasteiger charge is -2.09. The smallest absolute Gasteiger partial charge is 0.248 e. The largest absolute Gasteiger partial charge is 0.494 e. The second-order valence-corrected chi connectivity index (χ2v) is 7.45. The van der Waals surface area contributed by atoms with Crippen LogP contribution < -0.4 is 32.4 Å². The Bertz CT molecular complexity index is 1360. The Balaban J connectivity index is 1.64. The summed E-state index contributed by atoms with van der Waals surface area (Å²) in [6, 6.07) is 6.25. The minimum absolute atomic E-state index is 0.257. The van der Waals surface area contributed by atoms with E-state index >= 15 is 0 Å². The third-order valence-corrected chi connectivity index (χ3v) is 5.42. The zero-order valence-corrected chi connectivity index (χ0v) is 18.6. The molecule has 8 N–H and O–H groups in total. The third-order valence-electron chi connectivity index (χ3n) is 5.42. The minimum Gasteiger partial charge on any atom is -0.494 e. The highest BCUT2D eigenvalue weighted by Gasteiger charge is 2.17. The molecule has 34 heavy (non-hydrogen) atoms. The highest BCUT2D eigenvalue weighted by atomic mass is 16.5. The number of ether oxygens (including phenoxy) is 2. The predicted octanol–water partition coefficient (Wildman–Crippen LogP) is 1.02. The summed E-state index contributed by atoms with van der Waals surface area (Å²) in [6.07, 6.45) is 3.77. The van der Waals surface area contributed by atoms with Crippen molar-refractivity contribution < 1.29 is 19.1 Å². The Labute approximate surface area is 193 Å². The van der Waals surface area contributed by atoms with E-state index in [-0.39, 0.29) is 23.0 Å². The molecule has 0 atom stereocenters. The topological polar surface area (TPSA) is 192 Å². The molecule has 2 heterocycles. The van der Waals surface area contributed by atoms with Gasteiger partial charge in [0, 0.05) is 24.2 Å². The van der Waals surface area contributed by atoms with Gasteiger partial charge in [-0.1, -0.05) is 12.2 Å². The summed E-state index contributed by atoms with van der Waals surface area (Å²) in [4.78, 5) is 31.8. The average Bonchev–Trinajstić information content (AvgIpc) is 3.30. The van der Waals surface area contributed by atoms with E-state index in [9.17, 15) is 9.59 Å². The first kappa shape index (κ1) is 22.5. The lowest BCUT2D eigenvalue weighted by molar-refractivity contribution is 0.0991. The number of carbonyl (C=O) groups excluding carboxylic acids is 2. The number of anilines is 2. The summed E-state index contributed by atoms with van der Waals surface area (Å²) in [5, 5.41) is 0. The van der Waals surface area contributed by atoms with E-state index in [4.69, 9.17) is 32.4 Å². The van der Waals surface area contributed by atoms with Crippen LogP contribution in [0.2, 0.25) is 0 Å². The minimum atomic E-state index is -0.586. The average molecular weight is 464 g/mol. The molecule has 0 spiro atoms. The molecular weight excluding hydrogens is 440 g/mol. The highest BCUT2D eigenvalue weighted by molar-refractivity contribution is 5.99. The van der Waals surface area contributed by atoms with Crippen LogP contribution in [0.1, 0.15) is 20.7 Å². The predicted molar refractivity (Wildman–Crippen MR) is 128 cm³/mol. The van der Waals surface area contributed by atoms with Crippen molar-refractivity contribution in [2.75, 3.05) is 25.7 Å². The maximum Gasteiger partial charge on any atom is 0.248 e. The Morgan fingerprint density at radius 1 is 0.794 bits per heavy atom. The fourth-order valence-electron chi connectivity index (χ4n) is 3.82. The van der Waals surface area contributed by atoms with Gasteiger partial charge < -0.3 is 41.5 Å². The van der Waals surface area contributed by atoms with Crippen molar-refractivity contribution >= 4 is 45.8 Å². The molecule has 4 aromatic rings. The number of methoxy groups -OCH3 is 2. The van der Waals surface area contributed by atoms with E-state index in [2.05, 4.69) is 9.97 Å². The van der Waals surface area contributed by atoms with E-state index < -0.39 is 11.8 Å². The molecule has 0 aliphatic heterocycles. The van der Waals surface area contributed by atoms with Gasteiger partial charge in [-0.2, -0.15) is 0 Å². The number of fused-ring (bicyclic) bond motifs is 2. The van der Waals surface area contributed by atoms with Gasteiger partial charge in [0.05, 0.1) is 25.3 Å². The molecule has 0 radical (unpaired) electrons. The number of nitrogen functional groups attached to an aromatic ring is 2. The van der Waals surface area contributed by atoms with Gasteiger partial charge in [-0.3, -0.25) is 9.59 Å². The quantitative estimate of drug-likeness (QED) is 0.278. The van der Waals surface area contributed by atoms with Crippen LogP contribution in [0.15, 0.2) is 36.4 Å². The van der Waals surface area contributed by atoms with Crippen LogP contribution in [0, 0.1) is 0 Å². The number of allylic oxidation sites excluding steroid dienone is 2. The lowest BCUT2D eigenvalue weighted by Crippen LogP contribution is -2.11. The fourth-order valence-corrected chi connectivity index (χ4v) is 3.82. The van der Waals surface area contributed by atoms with Crippen LogP contribution in [0.4, 0.5) is 11.9 Å². The van der Waals surface area contributed by atoms with Crippen molar-refractivity contribution in [1.29, 1.82) is 0 Å². The highest BCUT2D eigenvalue weighted by Crippen LogP contribution is 2.31. The molecule has 0 aliphatic carbocycles. The number of primary amides is 2. The van der Waals surface area contributed by atoms with Crippen molar-refractivity contribution in [3.8, 4) is 11.5 Å². The second-order valence-electron chi connectivity index (χ2n) is 7.45. The van der Waals surface area contributed by atoms with Crippen LogP contribution in [-0.4, -0.2) is 45.1 Å². The fraction of sp³-hybridized carbons (Fsp3) is 0.182. The van der Waals surface area contributed by atoms with Gasteiger partial charge in [-0.05, 0) is 24.3 Å². The molecule has 2 aromatic carbocycles. The van der Waals surface area contributed by atoms with Crippen molar-refractivity contribution in [2.45, 2.75) is 13.1 Å². The maximum atomic E-state index is 11.6. The molecule has 2 amide bonds. The molecule has 0 saturated carbocycles. The number of nitrogens with two attached hydrogens (primary N) is 4. The van der Waals surface area contributed by atoms with Crippen LogP contribution >= 0.6 is 0 Å². The van der Waals surface area contributed by atoms with Gasteiger partial charge in [0.25, 0.3) is 0 Å². The molecule has 0 fully saturated rings. The van der Waals surface area contributed by atoms with Gasteiger partial charge in [-0.15, -0.1) is 0 Å². The molecule has 0 bridgehead atoms. The van der Waals surface area contributed by atoms with Crippen LogP contribution in [0.5, 0.6) is 11.5 Å². The van der Waals surface area contributed by atoms with E-state index in [1.807, 2.05) is 12.2 Å². The van der Waals surface area contributed by atoms with Crippen molar-refractivity contribution in [3.05, 3.63) is 47.5 Å². The van der Waals surface area contributed by atoms with Gasteiger partial charge in [-0.25, -0.2) is 9.97 Å². The normalized spacial score (nSPS) is 11.5. The number of hydrogen-bond donors (Lipinski definition) is 4. The number of benzene rings is 2. The number of aromatic nitrogens is 4. The molecule has 12 nitrogen and oxygen atoms in total. The monoisotopic (exact) mass is 464 g/mol. The summed E-state index contributed by atoms with van der Waals surface area (Å²) in [6.45, 7) is 0.758. The van der Waals surface area contributed by atoms with Gasteiger partial charge in [0.15, 0.2) is 0 Å². The SMILES string of the molecule is COc1cc(C(N)=O)cc2nc(N)n(C/C=C/Cn3c(N)nc4cc(C(N)=O)cc(OC)c43)c12. The van der Waals surface area contributed by atoms with Gasteiger partial charge in [0.2, 0.25) is 23.7 Å². The summed E-state index contributed by atoms with van der Waals surface area (Å²) < 4.78 is 14.4. The maximum absolute atomic E-state index is 11.6. The van der Waals surface area contributed by atoms with E-state index in [1.165, 1.54) is 14.2 Å². The van der Waals surface area contributed by atoms with Crippen LogP contribution in [0.3, 0.4) is 0 Å². The van der Waals surface area contributed by atoms with E-state index in [1.54, 1.807) is 33.4 Å². The number of rotatable bonds is 8. The molecule has 0 unspecified atom stereocenters. The van der Waals surface area contributed by atoms with Gasteiger partial charge in [0.1, 0.15) is 22.5 Å². The number of imidazole rings is 2. The first-order valence-electron chi connectivity index (χ1n) is 10.2. The summed E-state index contributed by atoms with van der Waals surface area (Å²) in [5.74, 6) is 0.210. The zero-order valence-electron chi connectivity index (χ0n) is 18.6. The molecule has 0 aliphatic rings. The number of hydrogen-bond acceptors (Lipinski definition) is 8. The van der Waals surface area contributed by atoms with Crippen molar-refractivity contribution in [2.24, 2.45) is 11.5 Å². The van der Waals surface area contributed by atoms with Crippen LogP contribution in [0.25, 0.3) is 22.1 Å².